The highest BCUT2D eigenvalue weighted by Crippen LogP contribution is 2.46. The number of pyridine rings is 1. The molecule has 3 atom stereocenters. The number of hydrogen-bond donors (Lipinski definition) is 2. The van der Waals surface area contributed by atoms with Gasteiger partial charge in [0, 0.05) is 20.0 Å². The lowest BCUT2D eigenvalue weighted by Gasteiger charge is -2.55. The molecule has 0 bridgehead atoms. The molecular formula is C20H22N6O4. The van der Waals surface area contributed by atoms with Crippen molar-refractivity contribution in [2.24, 2.45) is 12.5 Å². The maximum absolute atomic E-state index is 13.1. The predicted octanol–water partition coefficient (Wildman–Crippen LogP) is 0.373. The second-order valence-corrected chi connectivity index (χ2v) is 8.19. The Balaban J connectivity index is 1.69. The van der Waals surface area contributed by atoms with Crippen molar-refractivity contribution in [3.8, 4) is 11.4 Å². The van der Waals surface area contributed by atoms with Gasteiger partial charge in [-0.3, -0.25) is 20.2 Å². The van der Waals surface area contributed by atoms with Gasteiger partial charge < -0.3 is 14.2 Å². The van der Waals surface area contributed by atoms with Gasteiger partial charge in [0.2, 0.25) is 11.8 Å². The highest BCUT2D eigenvalue weighted by atomic mass is 16.5. The van der Waals surface area contributed by atoms with Crippen LogP contribution in [-0.4, -0.2) is 57.2 Å². The number of amides is 4. The van der Waals surface area contributed by atoms with Crippen LogP contribution < -0.4 is 15.5 Å². The summed E-state index contributed by atoms with van der Waals surface area (Å²) in [6, 6.07) is 2.53. The van der Waals surface area contributed by atoms with Crippen LogP contribution >= 0.6 is 0 Å². The average Bonchev–Trinajstić information content (AvgIpc) is 3.11. The number of carbonyl (C=O) groups is 3. The van der Waals surface area contributed by atoms with Crippen molar-refractivity contribution in [3.63, 3.8) is 0 Å². The van der Waals surface area contributed by atoms with Crippen molar-refractivity contribution in [2.75, 3.05) is 11.4 Å². The van der Waals surface area contributed by atoms with Crippen molar-refractivity contribution in [1.82, 2.24) is 25.2 Å². The van der Waals surface area contributed by atoms with Crippen LogP contribution in [0.25, 0.3) is 11.4 Å². The van der Waals surface area contributed by atoms with Gasteiger partial charge in [0.1, 0.15) is 0 Å². The standard InChI is InChI=1S/C20H22N6O4/c1-10-8-26-14-5-4-12(15-7-21-9-25(15)3)22-13(14)6-20(16(26)11(2)30-10)17(27)23-19(29)24-18(20)28/h4-5,7,9-11,16H,6,8H2,1-3H3,(H2,23,24,27,28,29)/t10-,11+,16-/m1/s1. The molecule has 5 heterocycles. The highest BCUT2D eigenvalue weighted by Gasteiger charge is 2.63. The topological polar surface area (TPSA) is 118 Å². The van der Waals surface area contributed by atoms with E-state index in [9.17, 15) is 14.4 Å². The molecule has 4 amide bonds. The zero-order valence-electron chi connectivity index (χ0n) is 16.9. The number of carbonyl (C=O) groups excluding carboxylic acids is 3. The predicted molar refractivity (Wildman–Crippen MR) is 105 cm³/mol. The summed E-state index contributed by atoms with van der Waals surface area (Å²) in [5, 5.41) is 4.57. The number of fused-ring (bicyclic) bond motifs is 4. The third-order valence-corrected chi connectivity index (χ3v) is 6.24. The number of urea groups is 1. The largest absolute Gasteiger partial charge is 0.372 e. The first kappa shape index (κ1) is 18.7. The minimum Gasteiger partial charge on any atom is -0.372 e. The number of morpholine rings is 1. The number of nitrogens with one attached hydrogen (secondary N) is 2. The van der Waals surface area contributed by atoms with E-state index in [1.807, 2.05) is 42.5 Å². The summed E-state index contributed by atoms with van der Waals surface area (Å²) in [6.07, 6.45) is 2.98. The van der Waals surface area contributed by atoms with E-state index in [2.05, 4.69) is 15.6 Å². The van der Waals surface area contributed by atoms with Gasteiger partial charge in [-0.1, -0.05) is 0 Å². The smallest absolute Gasteiger partial charge is 0.328 e. The second kappa shape index (κ2) is 6.36. The van der Waals surface area contributed by atoms with Gasteiger partial charge in [0.25, 0.3) is 0 Å². The molecule has 0 aliphatic carbocycles. The maximum Gasteiger partial charge on any atom is 0.328 e. The third kappa shape index (κ3) is 2.49. The summed E-state index contributed by atoms with van der Waals surface area (Å²) in [5.74, 6) is -1.23. The maximum atomic E-state index is 13.1. The lowest BCUT2D eigenvalue weighted by molar-refractivity contribution is -0.153. The molecule has 2 fully saturated rings. The van der Waals surface area contributed by atoms with Gasteiger partial charge in [-0.2, -0.15) is 0 Å². The van der Waals surface area contributed by atoms with E-state index in [1.165, 1.54) is 0 Å². The highest BCUT2D eigenvalue weighted by molar-refractivity contribution is 6.20. The van der Waals surface area contributed by atoms with E-state index in [4.69, 9.17) is 9.72 Å². The normalized spacial score (nSPS) is 27.4. The Hall–Kier alpha value is -3.27. The number of imide groups is 2. The molecule has 10 heteroatoms. The Bertz CT molecular complexity index is 1060. The fourth-order valence-corrected chi connectivity index (χ4v) is 5.04. The lowest BCUT2D eigenvalue weighted by Crippen LogP contribution is -2.75. The Morgan fingerprint density at radius 3 is 2.57 bits per heavy atom. The van der Waals surface area contributed by atoms with Crippen molar-refractivity contribution in [3.05, 3.63) is 30.4 Å². The van der Waals surface area contributed by atoms with Gasteiger partial charge in [0.05, 0.1) is 53.5 Å². The van der Waals surface area contributed by atoms with Gasteiger partial charge in [-0.25, -0.2) is 14.8 Å². The molecule has 156 valence electrons. The number of anilines is 1. The quantitative estimate of drug-likeness (QED) is 0.652. The van der Waals surface area contributed by atoms with Crippen LogP contribution in [0, 0.1) is 5.41 Å². The van der Waals surface area contributed by atoms with Crippen LogP contribution in [0.2, 0.25) is 0 Å². The van der Waals surface area contributed by atoms with E-state index >= 15 is 0 Å². The summed E-state index contributed by atoms with van der Waals surface area (Å²) in [5.41, 5.74) is 1.51. The monoisotopic (exact) mass is 410 g/mol. The number of ether oxygens (including phenoxy) is 1. The van der Waals surface area contributed by atoms with E-state index in [0.717, 1.165) is 11.4 Å². The number of imidazole rings is 1. The van der Waals surface area contributed by atoms with E-state index in [1.54, 1.807) is 12.5 Å². The summed E-state index contributed by atoms with van der Waals surface area (Å²) in [6.45, 7) is 4.31. The summed E-state index contributed by atoms with van der Waals surface area (Å²) >= 11 is 0. The zero-order chi connectivity index (χ0) is 21.2. The number of rotatable bonds is 1. The van der Waals surface area contributed by atoms with Crippen molar-refractivity contribution in [2.45, 2.75) is 38.5 Å². The van der Waals surface area contributed by atoms with Crippen molar-refractivity contribution < 1.29 is 19.1 Å². The number of aryl methyl sites for hydroxylation is 1. The molecule has 0 aromatic carbocycles. The molecular weight excluding hydrogens is 388 g/mol. The molecule has 0 saturated carbocycles. The van der Waals surface area contributed by atoms with Crippen LogP contribution in [0.5, 0.6) is 0 Å². The Morgan fingerprint density at radius 1 is 1.17 bits per heavy atom. The van der Waals surface area contributed by atoms with Crippen LogP contribution in [0.15, 0.2) is 24.7 Å². The molecule has 2 aromatic rings. The molecule has 2 N–H and O–H groups in total. The van der Waals surface area contributed by atoms with Crippen LogP contribution in [0.3, 0.4) is 0 Å². The molecule has 5 rings (SSSR count). The average molecular weight is 410 g/mol. The van der Waals surface area contributed by atoms with Crippen molar-refractivity contribution >= 4 is 23.5 Å². The lowest BCUT2D eigenvalue weighted by atomic mass is 9.67. The van der Waals surface area contributed by atoms with Gasteiger partial charge in [-0.15, -0.1) is 0 Å². The molecule has 30 heavy (non-hydrogen) atoms. The van der Waals surface area contributed by atoms with Gasteiger partial charge in [-0.05, 0) is 26.0 Å². The Morgan fingerprint density at radius 2 is 1.90 bits per heavy atom. The molecule has 3 aliphatic rings. The van der Waals surface area contributed by atoms with Crippen LogP contribution in [0.4, 0.5) is 10.5 Å². The second-order valence-electron chi connectivity index (χ2n) is 8.19. The minimum atomic E-state index is -1.52. The Labute approximate surface area is 172 Å². The van der Waals surface area contributed by atoms with E-state index in [0.29, 0.717) is 17.9 Å². The van der Waals surface area contributed by atoms with E-state index in [-0.39, 0.29) is 12.5 Å². The molecule has 2 saturated heterocycles. The first-order chi connectivity index (χ1) is 14.3. The van der Waals surface area contributed by atoms with Gasteiger partial charge in [0.15, 0.2) is 5.41 Å². The fraction of sp³-hybridized carbons (Fsp3) is 0.450. The number of nitrogens with zero attached hydrogens (tertiary/aromatic N) is 4. The summed E-state index contributed by atoms with van der Waals surface area (Å²) in [4.78, 5) is 49.0. The third-order valence-electron chi connectivity index (χ3n) is 6.24. The number of aromatic nitrogens is 3. The molecule has 10 nitrogen and oxygen atoms in total. The molecule has 2 aromatic heterocycles. The SMILES string of the molecule is C[C@@H]1CN2c3ccc(-c4cncn4C)nc3CC3(C(=O)NC(=O)NC3=O)[C@H]2[C@H](C)O1. The molecule has 3 aliphatic heterocycles. The first-order valence-corrected chi connectivity index (χ1v) is 9.87. The number of barbiturate groups is 1. The molecule has 0 unspecified atom stereocenters. The zero-order valence-corrected chi connectivity index (χ0v) is 16.9. The summed E-state index contributed by atoms with van der Waals surface area (Å²) < 4.78 is 7.86. The van der Waals surface area contributed by atoms with Crippen LogP contribution in [0.1, 0.15) is 19.5 Å². The van der Waals surface area contributed by atoms with Crippen molar-refractivity contribution in [1.29, 1.82) is 0 Å². The van der Waals surface area contributed by atoms with Crippen LogP contribution in [-0.2, 0) is 27.8 Å². The van der Waals surface area contributed by atoms with E-state index < -0.39 is 35.4 Å². The Kier molecular flexibility index (Phi) is 3.97. The fourth-order valence-electron chi connectivity index (χ4n) is 5.04. The first-order valence-electron chi connectivity index (χ1n) is 9.87. The minimum absolute atomic E-state index is 0.0716. The molecule has 1 spiro atoms. The number of hydrogen-bond acceptors (Lipinski definition) is 7. The molecule has 0 radical (unpaired) electrons. The van der Waals surface area contributed by atoms with Gasteiger partial charge >= 0.3 is 6.03 Å². The summed E-state index contributed by atoms with van der Waals surface area (Å²) in [7, 11) is 1.87.